The molecule has 0 bridgehead atoms. The zero-order chi connectivity index (χ0) is 18.0. The Hall–Kier alpha value is -1.95. The van der Waals surface area contributed by atoms with Gasteiger partial charge in [0.05, 0.1) is 6.61 Å². The highest BCUT2D eigenvalue weighted by Gasteiger charge is 2.50. The highest BCUT2D eigenvalue weighted by Crippen LogP contribution is 2.45. The Balaban J connectivity index is 1.60. The number of fused-ring (bicyclic) bond motifs is 1. The fourth-order valence-electron chi connectivity index (χ4n) is 4.33. The normalized spacial score (nSPS) is 28.3. The molecule has 1 heterocycles. The number of hydrogen-bond acceptors (Lipinski definition) is 3. The third kappa shape index (κ3) is 3.68. The van der Waals surface area contributed by atoms with Crippen molar-refractivity contribution in [3.63, 3.8) is 0 Å². The monoisotopic (exact) mass is 348 g/mol. The molecule has 1 N–H and O–H groups in total. The van der Waals surface area contributed by atoms with Crippen LogP contribution in [0.1, 0.15) is 30.1 Å². The Labute approximate surface area is 147 Å². The van der Waals surface area contributed by atoms with Gasteiger partial charge in [0.2, 0.25) is 5.91 Å². The maximum atomic E-state index is 13.0. The summed E-state index contributed by atoms with van der Waals surface area (Å²) in [5.41, 5.74) is 0.452. The Morgan fingerprint density at radius 3 is 2.76 bits per heavy atom. The van der Waals surface area contributed by atoms with Crippen molar-refractivity contribution in [3.8, 4) is 0 Å². The van der Waals surface area contributed by atoms with Crippen molar-refractivity contribution in [1.82, 2.24) is 10.2 Å². The van der Waals surface area contributed by atoms with Crippen molar-refractivity contribution >= 4 is 11.8 Å². The van der Waals surface area contributed by atoms with Gasteiger partial charge in [-0.3, -0.25) is 9.59 Å². The molecule has 5 nitrogen and oxygen atoms in total. The molecule has 1 aliphatic carbocycles. The molecule has 2 fully saturated rings. The summed E-state index contributed by atoms with van der Waals surface area (Å²) in [6.07, 6.45) is 1.52. The molecule has 0 radical (unpaired) electrons. The van der Waals surface area contributed by atoms with Gasteiger partial charge in [-0.25, -0.2) is 4.39 Å². The van der Waals surface area contributed by atoms with Crippen LogP contribution in [-0.4, -0.2) is 49.6 Å². The standard InChI is InChI=1S/C19H25FN2O3/c1-12-9-17-15(10-18(23)22(17)7-8-25-2)16(12)11-21-19(24)13-3-5-14(20)6-4-13/h3-6,12,15-17H,7-11H2,1-2H3,(H,21,24)/t12-,15-,16+,17+/m0/s1. The summed E-state index contributed by atoms with van der Waals surface area (Å²) < 4.78 is 18.1. The van der Waals surface area contributed by atoms with Gasteiger partial charge in [0.15, 0.2) is 0 Å². The molecule has 25 heavy (non-hydrogen) atoms. The second-order valence-corrected chi connectivity index (χ2v) is 7.11. The van der Waals surface area contributed by atoms with Crippen LogP contribution in [0.3, 0.4) is 0 Å². The molecule has 4 atom stereocenters. The Bertz CT molecular complexity index is 634. The van der Waals surface area contributed by atoms with Crippen molar-refractivity contribution in [2.24, 2.45) is 17.8 Å². The number of carbonyl (C=O) groups is 2. The fourth-order valence-corrected chi connectivity index (χ4v) is 4.33. The number of halogens is 1. The molecular weight excluding hydrogens is 323 g/mol. The van der Waals surface area contributed by atoms with E-state index in [4.69, 9.17) is 4.74 Å². The lowest BCUT2D eigenvalue weighted by atomic mass is 9.88. The molecule has 2 aliphatic rings. The van der Waals surface area contributed by atoms with E-state index in [2.05, 4.69) is 12.2 Å². The number of hydrogen-bond donors (Lipinski definition) is 1. The topological polar surface area (TPSA) is 58.6 Å². The molecule has 0 spiro atoms. The molecule has 6 heteroatoms. The van der Waals surface area contributed by atoms with Gasteiger partial charge >= 0.3 is 0 Å². The maximum Gasteiger partial charge on any atom is 0.251 e. The minimum absolute atomic E-state index is 0.189. The molecule has 136 valence electrons. The summed E-state index contributed by atoms with van der Waals surface area (Å²) in [5.74, 6) is 0.648. The molecule has 1 saturated heterocycles. The van der Waals surface area contributed by atoms with E-state index < -0.39 is 0 Å². The highest BCUT2D eigenvalue weighted by atomic mass is 19.1. The zero-order valence-electron chi connectivity index (χ0n) is 14.7. The van der Waals surface area contributed by atoms with Gasteiger partial charge < -0.3 is 15.0 Å². The second-order valence-electron chi connectivity index (χ2n) is 7.11. The molecule has 0 unspecified atom stereocenters. The smallest absolute Gasteiger partial charge is 0.251 e. The maximum absolute atomic E-state index is 13.0. The first kappa shape index (κ1) is 17.9. The number of ether oxygens (including phenoxy) is 1. The molecule has 1 aliphatic heterocycles. The van der Waals surface area contributed by atoms with Crippen LogP contribution < -0.4 is 5.32 Å². The quantitative estimate of drug-likeness (QED) is 0.856. The van der Waals surface area contributed by atoms with E-state index in [0.29, 0.717) is 37.6 Å². The average molecular weight is 348 g/mol. The van der Waals surface area contributed by atoms with E-state index in [9.17, 15) is 14.0 Å². The van der Waals surface area contributed by atoms with Crippen molar-refractivity contribution < 1.29 is 18.7 Å². The van der Waals surface area contributed by atoms with Gasteiger partial charge in [-0.2, -0.15) is 0 Å². The van der Waals surface area contributed by atoms with Crippen molar-refractivity contribution in [1.29, 1.82) is 0 Å². The second kappa shape index (κ2) is 7.52. The number of rotatable bonds is 6. The average Bonchev–Trinajstić information content (AvgIpc) is 3.05. The summed E-state index contributed by atoms with van der Waals surface area (Å²) >= 11 is 0. The van der Waals surface area contributed by atoms with Gasteiger partial charge in [-0.1, -0.05) is 6.92 Å². The molecule has 1 saturated carbocycles. The molecule has 0 aromatic heterocycles. The third-order valence-electron chi connectivity index (χ3n) is 5.66. The van der Waals surface area contributed by atoms with Crippen molar-refractivity contribution in [2.75, 3.05) is 26.8 Å². The number of amides is 2. The fraction of sp³-hybridized carbons (Fsp3) is 0.579. The number of nitrogens with one attached hydrogen (secondary N) is 1. The minimum Gasteiger partial charge on any atom is -0.383 e. The minimum atomic E-state index is -0.357. The Morgan fingerprint density at radius 1 is 1.36 bits per heavy atom. The van der Waals surface area contributed by atoms with Crippen LogP contribution in [-0.2, 0) is 9.53 Å². The summed E-state index contributed by atoms with van der Waals surface area (Å²) in [6, 6.07) is 5.79. The Morgan fingerprint density at radius 2 is 2.08 bits per heavy atom. The van der Waals surface area contributed by atoms with Crippen molar-refractivity contribution in [3.05, 3.63) is 35.6 Å². The van der Waals surface area contributed by atoms with Crippen LogP contribution in [0.15, 0.2) is 24.3 Å². The van der Waals surface area contributed by atoms with E-state index in [0.717, 1.165) is 6.42 Å². The van der Waals surface area contributed by atoms with Gasteiger partial charge in [0.25, 0.3) is 5.91 Å². The number of methoxy groups -OCH3 is 1. The summed E-state index contributed by atoms with van der Waals surface area (Å²) in [4.78, 5) is 26.5. The van der Waals surface area contributed by atoms with Gasteiger partial charge in [-0.15, -0.1) is 0 Å². The third-order valence-corrected chi connectivity index (χ3v) is 5.66. The predicted molar refractivity (Wildman–Crippen MR) is 91.5 cm³/mol. The van der Waals surface area contributed by atoms with E-state index >= 15 is 0 Å². The van der Waals surface area contributed by atoms with Gasteiger partial charge in [0.1, 0.15) is 5.82 Å². The number of likely N-dealkylation sites (tertiary alicyclic amines) is 1. The zero-order valence-corrected chi connectivity index (χ0v) is 14.7. The first-order valence-electron chi connectivity index (χ1n) is 8.83. The van der Waals surface area contributed by atoms with Crippen LogP contribution in [0.2, 0.25) is 0 Å². The van der Waals surface area contributed by atoms with Gasteiger partial charge in [-0.05, 0) is 48.4 Å². The number of benzene rings is 1. The number of carbonyl (C=O) groups excluding carboxylic acids is 2. The van der Waals surface area contributed by atoms with Crippen molar-refractivity contribution in [2.45, 2.75) is 25.8 Å². The highest BCUT2D eigenvalue weighted by molar-refractivity contribution is 5.94. The molecule has 3 rings (SSSR count). The predicted octanol–water partition coefficient (Wildman–Crippen LogP) is 2.07. The molecular formula is C19H25FN2O3. The first-order valence-corrected chi connectivity index (χ1v) is 8.83. The summed E-state index contributed by atoms with van der Waals surface area (Å²) in [5, 5.41) is 2.96. The van der Waals surface area contributed by atoms with Crippen LogP contribution in [0.5, 0.6) is 0 Å². The van der Waals surface area contributed by atoms with E-state index in [1.165, 1.54) is 24.3 Å². The molecule has 1 aromatic carbocycles. The van der Waals surface area contributed by atoms with E-state index in [-0.39, 0.29) is 35.5 Å². The largest absolute Gasteiger partial charge is 0.383 e. The lowest BCUT2D eigenvalue weighted by Crippen LogP contribution is -2.36. The number of nitrogens with zero attached hydrogens (tertiary/aromatic N) is 1. The Kier molecular flexibility index (Phi) is 5.37. The lowest BCUT2D eigenvalue weighted by Gasteiger charge is -2.24. The van der Waals surface area contributed by atoms with Crippen LogP contribution in [0.25, 0.3) is 0 Å². The SMILES string of the molecule is COCCN1C(=O)C[C@H]2[C@H](CNC(=O)c3ccc(F)cc3)[C@@H](C)C[C@H]21. The van der Waals surface area contributed by atoms with Crippen LogP contribution >= 0.6 is 0 Å². The van der Waals surface area contributed by atoms with E-state index in [1.807, 2.05) is 4.90 Å². The summed E-state index contributed by atoms with van der Waals surface area (Å²) in [6.45, 7) is 3.92. The molecule has 2 amide bonds. The van der Waals surface area contributed by atoms with Crippen LogP contribution in [0.4, 0.5) is 4.39 Å². The van der Waals surface area contributed by atoms with E-state index in [1.54, 1.807) is 7.11 Å². The lowest BCUT2D eigenvalue weighted by molar-refractivity contribution is -0.129. The molecule has 1 aromatic rings. The first-order chi connectivity index (χ1) is 12.0. The van der Waals surface area contributed by atoms with Crippen LogP contribution in [0, 0.1) is 23.6 Å². The summed E-state index contributed by atoms with van der Waals surface area (Å²) in [7, 11) is 1.64. The van der Waals surface area contributed by atoms with Gasteiger partial charge in [0, 0.05) is 38.2 Å².